The van der Waals surface area contributed by atoms with Crippen LogP contribution in [0.15, 0.2) is 34.8 Å². The number of rotatable bonds is 4. The molecular formula is C18H19BrO. The van der Waals surface area contributed by atoms with Gasteiger partial charge >= 0.3 is 0 Å². The second-order valence-electron chi connectivity index (χ2n) is 5.73. The van der Waals surface area contributed by atoms with Crippen LogP contribution in [0.3, 0.4) is 0 Å². The molecule has 2 heteroatoms. The lowest BCUT2D eigenvalue weighted by atomic mass is 9.73. The molecular weight excluding hydrogens is 312 g/mol. The van der Waals surface area contributed by atoms with Crippen LogP contribution in [-0.4, -0.2) is 5.78 Å². The highest BCUT2D eigenvalue weighted by Gasteiger charge is 2.45. The van der Waals surface area contributed by atoms with Gasteiger partial charge in [0.1, 0.15) is 0 Å². The van der Waals surface area contributed by atoms with Gasteiger partial charge in [0, 0.05) is 10.0 Å². The highest BCUT2D eigenvalue weighted by Crippen LogP contribution is 2.49. The summed E-state index contributed by atoms with van der Waals surface area (Å²) in [4.78, 5) is 13.1. The van der Waals surface area contributed by atoms with Gasteiger partial charge < -0.3 is 0 Å². The standard InChI is InChI=1S/C18H19BrO/c1-3-10-18(11-4-2)14-8-9-15(19)12-6-5-7-13(16(12)14)17(18)20/h5-9H,3-4,10-11H2,1-2H3. The Morgan fingerprint density at radius 1 is 1.05 bits per heavy atom. The maximum atomic E-state index is 13.1. The van der Waals surface area contributed by atoms with Gasteiger partial charge in [0.15, 0.2) is 5.78 Å². The van der Waals surface area contributed by atoms with Crippen molar-refractivity contribution in [3.05, 3.63) is 45.9 Å². The molecule has 0 fully saturated rings. The van der Waals surface area contributed by atoms with Gasteiger partial charge in [-0.15, -0.1) is 0 Å². The van der Waals surface area contributed by atoms with E-state index >= 15 is 0 Å². The van der Waals surface area contributed by atoms with E-state index in [0.29, 0.717) is 5.78 Å². The van der Waals surface area contributed by atoms with Crippen molar-refractivity contribution in [3.8, 4) is 0 Å². The Labute approximate surface area is 128 Å². The van der Waals surface area contributed by atoms with E-state index in [1.807, 2.05) is 12.1 Å². The fraction of sp³-hybridized carbons (Fsp3) is 0.389. The molecule has 1 aliphatic rings. The minimum atomic E-state index is -0.286. The zero-order valence-electron chi connectivity index (χ0n) is 12.0. The summed E-state index contributed by atoms with van der Waals surface area (Å²) < 4.78 is 1.08. The summed E-state index contributed by atoms with van der Waals surface area (Å²) in [6.45, 7) is 4.34. The third-order valence-electron chi connectivity index (χ3n) is 4.54. The molecule has 1 aliphatic carbocycles. The first-order chi connectivity index (χ1) is 9.65. The summed E-state index contributed by atoms with van der Waals surface area (Å²) in [6.07, 6.45) is 3.98. The van der Waals surface area contributed by atoms with Crippen LogP contribution in [0.25, 0.3) is 10.8 Å². The quantitative estimate of drug-likeness (QED) is 0.709. The van der Waals surface area contributed by atoms with Crippen LogP contribution in [0, 0.1) is 0 Å². The lowest BCUT2D eigenvalue weighted by Crippen LogP contribution is -2.31. The maximum Gasteiger partial charge on any atom is 0.174 e. The Balaban J connectivity index is 2.35. The molecule has 0 bridgehead atoms. The molecule has 0 N–H and O–H groups in total. The summed E-state index contributed by atoms with van der Waals surface area (Å²) >= 11 is 3.62. The summed E-state index contributed by atoms with van der Waals surface area (Å²) in [5.41, 5.74) is 1.88. The molecule has 3 rings (SSSR count). The van der Waals surface area contributed by atoms with Crippen LogP contribution >= 0.6 is 15.9 Å². The predicted molar refractivity (Wildman–Crippen MR) is 87.5 cm³/mol. The molecule has 2 aromatic carbocycles. The summed E-state index contributed by atoms with van der Waals surface area (Å²) in [6, 6.07) is 10.4. The zero-order valence-corrected chi connectivity index (χ0v) is 13.6. The number of Topliss-reactive ketones (excluding diaryl/α,β-unsaturated/α-hetero) is 1. The first kappa shape index (κ1) is 13.8. The monoisotopic (exact) mass is 330 g/mol. The summed E-state index contributed by atoms with van der Waals surface area (Å²) in [5, 5.41) is 2.34. The number of halogens is 1. The van der Waals surface area contributed by atoms with Crippen molar-refractivity contribution in [3.63, 3.8) is 0 Å². The third kappa shape index (κ3) is 1.70. The van der Waals surface area contributed by atoms with Crippen molar-refractivity contribution < 1.29 is 4.79 Å². The van der Waals surface area contributed by atoms with Crippen LogP contribution in [0.5, 0.6) is 0 Å². The first-order valence-corrected chi connectivity index (χ1v) is 8.21. The number of benzene rings is 2. The van der Waals surface area contributed by atoms with Crippen LogP contribution in [0.2, 0.25) is 0 Å². The second kappa shape index (κ2) is 5.00. The van der Waals surface area contributed by atoms with E-state index < -0.39 is 0 Å². The van der Waals surface area contributed by atoms with E-state index in [-0.39, 0.29) is 5.41 Å². The molecule has 0 heterocycles. The van der Waals surface area contributed by atoms with Crippen LogP contribution in [0.4, 0.5) is 0 Å². The Bertz CT molecular complexity index is 681. The van der Waals surface area contributed by atoms with Gasteiger partial charge in [0.25, 0.3) is 0 Å². The Hall–Kier alpha value is -1.15. The van der Waals surface area contributed by atoms with Gasteiger partial charge in [-0.1, -0.05) is 66.9 Å². The van der Waals surface area contributed by atoms with E-state index in [9.17, 15) is 4.79 Å². The Morgan fingerprint density at radius 3 is 2.40 bits per heavy atom. The Kier molecular flexibility index (Phi) is 3.45. The molecule has 0 saturated carbocycles. The molecule has 1 nitrogen and oxygen atoms in total. The van der Waals surface area contributed by atoms with Crippen LogP contribution < -0.4 is 0 Å². The topological polar surface area (TPSA) is 17.1 Å². The van der Waals surface area contributed by atoms with E-state index in [1.165, 1.54) is 16.3 Å². The van der Waals surface area contributed by atoms with Crippen molar-refractivity contribution in [1.29, 1.82) is 0 Å². The third-order valence-corrected chi connectivity index (χ3v) is 5.23. The normalized spacial score (nSPS) is 16.1. The average molecular weight is 331 g/mol. The molecule has 0 saturated heterocycles. The summed E-state index contributed by atoms with van der Waals surface area (Å²) in [5.74, 6) is 0.333. The summed E-state index contributed by atoms with van der Waals surface area (Å²) in [7, 11) is 0. The molecule has 0 radical (unpaired) electrons. The number of hydrogen-bond acceptors (Lipinski definition) is 1. The number of ketones is 1. The van der Waals surface area contributed by atoms with Gasteiger partial charge in [-0.05, 0) is 35.2 Å². The highest BCUT2D eigenvalue weighted by atomic mass is 79.9. The smallest absolute Gasteiger partial charge is 0.174 e. The maximum absolute atomic E-state index is 13.1. The Morgan fingerprint density at radius 2 is 1.75 bits per heavy atom. The van der Waals surface area contributed by atoms with Crippen LogP contribution in [0.1, 0.15) is 55.5 Å². The molecule has 0 unspecified atom stereocenters. The van der Waals surface area contributed by atoms with E-state index in [1.54, 1.807) is 0 Å². The number of hydrogen-bond donors (Lipinski definition) is 0. The number of carbonyl (C=O) groups excluding carboxylic acids is 1. The van der Waals surface area contributed by atoms with Gasteiger partial charge in [0.05, 0.1) is 5.41 Å². The van der Waals surface area contributed by atoms with E-state index in [4.69, 9.17) is 0 Å². The van der Waals surface area contributed by atoms with Crippen LogP contribution in [-0.2, 0) is 5.41 Å². The minimum Gasteiger partial charge on any atom is -0.293 e. The van der Waals surface area contributed by atoms with Crippen molar-refractivity contribution in [2.45, 2.75) is 44.9 Å². The van der Waals surface area contributed by atoms with E-state index in [2.05, 4.69) is 48.0 Å². The fourth-order valence-electron chi connectivity index (χ4n) is 3.81. The van der Waals surface area contributed by atoms with Gasteiger partial charge in [-0.2, -0.15) is 0 Å². The molecule has 0 spiro atoms. The van der Waals surface area contributed by atoms with E-state index in [0.717, 1.165) is 35.7 Å². The highest BCUT2D eigenvalue weighted by molar-refractivity contribution is 9.10. The molecule has 20 heavy (non-hydrogen) atoms. The molecule has 104 valence electrons. The van der Waals surface area contributed by atoms with Crippen molar-refractivity contribution >= 4 is 32.5 Å². The zero-order chi connectivity index (χ0) is 14.3. The van der Waals surface area contributed by atoms with Gasteiger partial charge in [-0.3, -0.25) is 4.79 Å². The molecule has 0 amide bonds. The molecule has 0 aromatic heterocycles. The number of carbonyl (C=O) groups is 1. The minimum absolute atomic E-state index is 0.286. The van der Waals surface area contributed by atoms with Crippen molar-refractivity contribution in [2.24, 2.45) is 0 Å². The molecule has 0 aliphatic heterocycles. The fourth-order valence-corrected chi connectivity index (χ4v) is 4.28. The van der Waals surface area contributed by atoms with Crippen molar-refractivity contribution in [2.75, 3.05) is 0 Å². The van der Waals surface area contributed by atoms with Crippen molar-refractivity contribution in [1.82, 2.24) is 0 Å². The van der Waals surface area contributed by atoms with Gasteiger partial charge in [0.2, 0.25) is 0 Å². The molecule has 2 aromatic rings. The second-order valence-corrected chi connectivity index (χ2v) is 6.59. The largest absolute Gasteiger partial charge is 0.293 e. The lowest BCUT2D eigenvalue weighted by Gasteiger charge is -2.28. The molecule has 0 atom stereocenters. The van der Waals surface area contributed by atoms with Gasteiger partial charge in [-0.25, -0.2) is 0 Å². The predicted octanol–water partition coefficient (Wildman–Crippen LogP) is 5.64. The SMILES string of the molecule is CCCC1(CCC)C(=O)c2cccc3c(Br)ccc1c23. The average Bonchev–Trinajstić information content (AvgIpc) is 2.68. The first-order valence-electron chi connectivity index (χ1n) is 7.42. The lowest BCUT2D eigenvalue weighted by molar-refractivity contribution is 0.0874.